The van der Waals surface area contributed by atoms with Crippen LogP contribution in [0.5, 0.6) is 0 Å². The molecule has 0 fully saturated rings. The first-order valence-corrected chi connectivity index (χ1v) is 19.9. The molecule has 3 aliphatic carbocycles. The van der Waals surface area contributed by atoms with Crippen LogP contribution in [0.2, 0.25) is 10.0 Å². The Morgan fingerprint density at radius 2 is 1.15 bits per heavy atom. The summed E-state index contributed by atoms with van der Waals surface area (Å²) in [6.45, 7) is 22.6. The van der Waals surface area contributed by atoms with Crippen LogP contribution < -0.4 is 24.8 Å². The second-order valence-electron chi connectivity index (χ2n) is 16.6. The molecule has 53 heavy (non-hydrogen) atoms. The van der Waals surface area contributed by atoms with Crippen LogP contribution in [-0.2, 0) is 35.1 Å². The van der Waals surface area contributed by atoms with Gasteiger partial charge in [-0.15, -0.1) is 39.7 Å². The summed E-state index contributed by atoms with van der Waals surface area (Å²) in [5, 5.41) is 7.10. The van der Waals surface area contributed by atoms with Gasteiger partial charge in [0.2, 0.25) is 0 Å². The van der Waals surface area contributed by atoms with Crippen molar-refractivity contribution in [2.75, 3.05) is 0 Å². The van der Waals surface area contributed by atoms with Crippen molar-refractivity contribution in [3.63, 3.8) is 0 Å². The van der Waals surface area contributed by atoms with Gasteiger partial charge in [0.1, 0.15) is 0 Å². The van der Waals surface area contributed by atoms with Crippen molar-refractivity contribution in [1.82, 2.24) is 0 Å². The fraction of sp³-hybridized carbons (Fsp3) is 0.292. The van der Waals surface area contributed by atoms with Crippen LogP contribution in [0, 0.1) is 17.4 Å². The molecule has 0 saturated carbocycles. The predicted octanol–water partition coefficient (Wildman–Crippen LogP) is 8.19. The van der Waals surface area contributed by atoms with Crippen molar-refractivity contribution in [2.24, 2.45) is 11.3 Å². The molecule has 5 heteroatoms. The van der Waals surface area contributed by atoms with Gasteiger partial charge in [-0.25, -0.2) is 6.08 Å². The molecule has 0 nitrogen and oxygen atoms in total. The fourth-order valence-corrected chi connectivity index (χ4v) is 8.87. The zero-order valence-corrected chi connectivity index (χ0v) is 37.9. The molecular weight excluding hydrogens is 810 g/mol. The summed E-state index contributed by atoms with van der Waals surface area (Å²) in [7, 11) is 0. The van der Waals surface area contributed by atoms with Crippen LogP contribution in [0.25, 0.3) is 32.7 Å². The number of allylic oxidation sites excluding steroid dienone is 8. The van der Waals surface area contributed by atoms with Crippen molar-refractivity contribution in [1.29, 1.82) is 0 Å². The van der Waals surface area contributed by atoms with E-state index >= 15 is 0 Å². The quantitative estimate of drug-likeness (QED) is 0.157. The van der Waals surface area contributed by atoms with Crippen LogP contribution >= 0.6 is 23.2 Å². The minimum absolute atomic E-state index is 0. The average molecular weight is 858 g/mol. The zero-order valence-electron chi connectivity index (χ0n) is 32.4. The predicted molar refractivity (Wildman–Crippen MR) is 221 cm³/mol. The Morgan fingerprint density at radius 1 is 0.717 bits per heavy atom. The normalized spacial score (nSPS) is 17.2. The summed E-state index contributed by atoms with van der Waals surface area (Å²) in [5.74, 6) is 0.522. The molecule has 0 bridgehead atoms. The molecule has 1 unspecified atom stereocenters. The van der Waals surface area contributed by atoms with Gasteiger partial charge in [0, 0.05) is 10.8 Å². The molecule has 0 N–H and O–H groups in total. The smallest absolute Gasteiger partial charge is 1.00 e. The molecule has 8 rings (SSSR count). The van der Waals surface area contributed by atoms with Crippen molar-refractivity contribution < 1.29 is 49.0 Å². The van der Waals surface area contributed by atoms with Crippen LogP contribution in [0.3, 0.4) is 0 Å². The molecule has 0 radical (unpaired) electrons. The first-order valence-electron chi connectivity index (χ1n) is 17.9. The Balaban J connectivity index is 0.000000194. The van der Waals surface area contributed by atoms with Gasteiger partial charge in [-0.2, -0.15) is 11.6 Å². The molecule has 0 saturated heterocycles. The van der Waals surface area contributed by atoms with Crippen molar-refractivity contribution >= 4 is 59.1 Å². The Morgan fingerprint density at radius 3 is 1.49 bits per heavy atom. The van der Waals surface area contributed by atoms with Crippen LogP contribution in [0.15, 0.2) is 109 Å². The third-order valence-electron chi connectivity index (χ3n) is 10.4. The Labute approximate surface area is 355 Å². The molecule has 0 amide bonds. The van der Waals surface area contributed by atoms with Gasteiger partial charge >= 0.3 is 120 Å². The van der Waals surface area contributed by atoms with E-state index in [0.29, 0.717) is 11.3 Å². The number of benzene rings is 4. The molecule has 1 atom stereocenters. The summed E-state index contributed by atoms with van der Waals surface area (Å²) in [6.07, 6.45) is 12.5. The first-order chi connectivity index (χ1) is 23.8. The Hall–Kier alpha value is -2.38. The second-order valence-corrected chi connectivity index (χ2v) is 18.7. The molecule has 5 aromatic carbocycles. The van der Waals surface area contributed by atoms with Gasteiger partial charge in [0.05, 0.1) is 0 Å². The standard InChI is InChI=1S/C25H25.C13H8Cl2.C10H15.2ClH.Zr/c1-14-12-24(3,4)22-8-16-7-17-9-23-19(15(2)13-25(23,5)6)11-21(17)20(16)10-18(14)22;14-12-5-1-3-10(8-12)7-11-4-2-6-13(15)9-11;1-8-5-6-9(7-8)10(2,3)4;;;/h7-13H,1-6H3;1-6,8-9H;6-8H,1-4H3;2*1H;/q-1;;-1;;;+2/p-2. The minimum Gasteiger partial charge on any atom is -1.00 e. The summed E-state index contributed by atoms with van der Waals surface area (Å²) in [6, 6.07) is 27.9. The van der Waals surface area contributed by atoms with E-state index < -0.39 is 0 Å². The Kier molecular flexibility index (Phi) is 13.4. The Bertz CT molecular complexity index is 2180. The summed E-state index contributed by atoms with van der Waals surface area (Å²) >= 11 is 13.3. The van der Waals surface area contributed by atoms with Gasteiger partial charge in [0.15, 0.2) is 0 Å². The summed E-state index contributed by atoms with van der Waals surface area (Å²) in [5.41, 5.74) is 12.9. The van der Waals surface area contributed by atoms with Crippen molar-refractivity contribution in [2.45, 2.75) is 80.1 Å². The maximum atomic E-state index is 5.98. The molecule has 0 spiro atoms. The van der Waals surface area contributed by atoms with Crippen LogP contribution in [0.1, 0.15) is 103 Å². The number of fused-ring (bicyclic) bond motifs is 5. The van der Waals surface area contributed by atoms with Gasteiger partial charge in [-0.3, -0.25) is 6.08 Å². The maximum Gasteiger partial charge on any atom is -1.00 e. The van der Waals surface area contributed by atoms with Gasteiger partial charge in [-0.05, 0) is 36.1 Å². The zero-order chi connectivity index (χ0) is 37.0. The van der Waals surface area contributed by atoms with E-state index in [9.17, 15) is 0 Å². The fourth-order valence-electron chi connectivity index (χ4n) is 7.73. The van der Waals surface area contributed by atoms with E-state index in [4.69, 9.17) is 23.2 Å². The molecular formula is C48H48Cl4Zr-2. The van der Waals surface area contributed by atoms with Gasteiger partial charge in [-0.1, -0.05) is 102 Å². The van der Waals surface area contributed by atoms with Gasteiger partial charge in [0.25, 0.3) is 0 Å². The number of hydrogen-bond donors (Lipinski definition) is 0. The molecule has 274 valence electrons. The molecule has 0 aliphatic heterocycles. The molecule has 0 aromatic heterocycles. The maximum absolute atomic E-state index is 5.98. The number of hydrogen-bond acceptors (Lipinski definition) is 0. The second kappa shape index (κ2) is 16.4. The van der Waals surface area contributed by atoms with Crippen LogP contribution in [-0.4, -0.2) is 3.21 Å². The number of halogens is 4. The molecule has 0 heterocycles. The third-order valence-corrected chi connectivity index (χ3v) is 12.3. The van der Waals surface area contributed by atoms with E-state index in [2.05, 4.69) is 142 Å². The molecule has 3 aliphatic rings. The number of rotatable bonds is 2. The largest absolute Gasteiger partial charge is 1.00 e. The first kappa shape index (κ1) is 43.4. The monoisotopic (exact) mass is 854 g/mol. The van der Waals surface area contributed by atoms with E-state index in [1.54, 1.807) is 0 Å². The average Bonchev–Trinajstić information content (AvgIpc) is 3.76. The van der Waals surface area contributed by atoms with Crippen LogP contribution in [0.4, 0.5) is 0 Å². The van der Waals surface area contributed by atoms with Crippen molar-refractivity contribution in [3.05, 3.63) is 158 Å². The summed E-state index contributed by atoms with van der Waals surface area (Å²) < 4.78 is 1.26. The minimum atomic E-state index is 0. The summed E-state index contributed by atoms with van der Waals surface area (Å²) in [4.78, 5) is 0. The van der Waals surface area contributed by atoms with E-state index in [1.807, 2.05) is 36.4 Å². The van der Waals surface area contributed by atoms with E-state index in [-0.39, 0.29) is 35.6 Å². The van der Waals surface area contributed by atoms with E-state index in [1.165, 1.54) is 88.0 Å². The topological polar surface area (TPSA) is 0 Å². The van der Waals surface area contributed by atoms with Gasteiger partial charge < -0.3 is 24.8 Å². The van der Waals surface area contributed by atoms with E-state index in [0.717, 1.165) is 21.2 Å². The molecule has 5 aromatic rings. The SMILES string of the molecule is CC1=CC(C)(C)c2cc3[cH-]c4cc5c(cc4c3cc21)C(C)=CC5(C)C.CC1[C-]=CC(C(C)(C)C)=C1.Clc1cccc([C](=[Zr+2])c2cccc(Cl)c2)c1.[Cl-].[Cl-]. The van der Waals surface area contributed by atoms with Crippen molar-refractivity contribution in [3.8, 4) is 0 Å². The third kappa shape index (κ3) is 9.20.